The molecule has 0 bridgehead atoms. The van der Waals surface area contributed by atoms with Gasteiger partial charge in [0.2, 0.25) is 0 Å². The highest BCUT2D eigenvalue weighted by Crippen LogP contribution is 2.35. The van der Waals surface area contributed by atoms with Gasteiger partial charge in [-0.1, -0.05) is 23.9 Å². The van der Waals surface area contributed by atoms with Crippen LogP contribution in [0.5, 0.6) is 0 Å². The third kappa shape index (κ3) is 3.08. The molecule has 1 fully saturated rings. The number of hydrogen-bond acceptors (Lipinski definition) is 5. The van der Waals surface area contributed by atoms with Crippen LogP contribution in [0.2, 0.25) is 0 Å². The second-order valence-corrected chi connectivity index (χ2v) is 7.34. The number of thiophene rings is 1. The highest BCUT2D eigenvalue weighted by atomic mass is 32.2. The van der Waals surface area contributed by atoms with Crippen LogP contribution < -0.4 is 0 Å². The lowest BCUT2D eigenvalue weighted by Gasteiger charge is -2.08. The molecule has 0 aliphatic heterocycles. The van der Waals surface area contributed by atoms with Crippen LogP contribution in [0.15, 0.2) is 47.1 Å². The van der Waals surface area contributed by atoms with Crippen molar-refractivity contribution >= 4 is 23.1 Å². The van der Waals surface area contributed by atoms with Gasteiger partial charge in [-0.25, -0.2) is 0 Å². The summed E-state index contributed by atoms with van der Waals surface area (Å²) in [5.41, 5.74) is 1.08. The largest absolute Gasteiger partial charge is 0.301 e. The molecule has 4 rings (SSSR count). The minimum Gasteiger partial charge on any atom is -0.301 e. The number of hydrogen-bond donors (Lipinski definition) is 0. The molecule has 0 amide bonds. The summed E-state index contributed by atoms with van der Waals surface area (Å²) < 4.78 is 2.29. The van der Waals surface area contributed by atoms with E-state index in [2.05, 4.69) is 43.3 Å². The molecule has 3 heterocycles. The topological polar surface area (TPSA) is 43.6 Å². The van der Waals surface area contributed by atoms with Crippen molar-refractivity contribution in [2.24, 2.45) is 5.92 Å². The van der Waals surface area contributed by atoms with Crippen LogP contribution in [-0.4, -0.2) is 19.7 Å². The molecule has 0 N–H and O–H groups in total. The Morgan fingerprint density at radius 1 is 1.18 bits per heavy atom. The van der Waals surface area contributed by atoms with E-state index in [9.17, 15) is 0 Å². The summed E-state index contributed by atoms with van der Waals surface area (Å²) in [5, 5.41) is 11.9. The summed E-state index contributed by atoms with van der Waals surface area (Å²) in [6, 6.07) is 10.2. The second kappa shape index (κ2) is 6.22. The zero-order chi connectivity index (χ0) is 14.8. The standard InChI is InChI=1S/C16H16N4S2/c1-2-8-17-13(4-1)11-22-16-19-18-15(14-5-3-9-21-14)20(16)10-12-6-7-12/h1-5,8-9,12H,6-7,10-11H2. The number of thioether (sulfide) groups is 1. The van der Waals surface area contributed by atoms with Gasteiger partial charge in [-0.15, -0.1) is 21.5 Å². The number of pyridine rings is 1. The highest BCUT2D eigenvalue weighted by Gasteiger charge is 2.25. The Kier molecular flexibility index (Phi) is 3.95. The van der Waals surface area contributed by atoms with E-state index < -0.39 is 0 Å². The SMILES string of the molecule is c1ccc(CSc2nnc(-c3cccs3)n2CC2CC2)nc1. The van der Waals surface area contributed by atoms with E-state index in [4.69, 9.17) is 0 Å². The Hall–Kier alpha value is -1.66. The molecule has 0 radical (unpaired) electrons. The summed E-state index contributed by atoms with van der Waals surface area (Å²) in [5.74, 6) is 2.63. The quantitative estimate of drug-likeness (QED) is 0.639. The molecule has 3 aromatic heterocycles. The van der Waals surface area contributed by atoms with Gasteiger partial charge in [0.25, 0.3) is 0 Å². The molecule has 3 aromatic rings. The molecular weight excluding hydrogens is 312 g/mol. The summed E-state index contributed by atoms with van der Waals surface area (Å²) in [7, 11) is 0. The molecule has 4 nitrogen and oxygen atoms in total. The fourth-order valence-corrected chi connectivity index (χ4v) is 3.91. The van der Waals surface area contributed by atoms with Crippen molar-refractivity contribution in [2.75, 3.05) is 0 Å². The number of aromatic nitrogens is 4. The van der Waals surface area contributed by atoms with Gasteiger partial charge in [-0.2, -0.15) is 0 Å². The van der Waals surface area contributed by atoms with Crippen LogP contribution in [0.1, 0.15) is 18.5 Å². The number of rotatable bonds is 6. The van der Waals surface area contributed by atoms with Crippen LogP contribution in [0.4, 0.5) is 0 Å². The van der Waals surface area contributed by atoms with Crippen LogP contribution in [0.3, 0.4) is 0 Å². The number of nitrogens with zero attached hydrogens (tertiary/aromatic N) is 4. The van der Waals surface area contributed by atoms with E-state index in [1.807, 2.05) is 18.3 Å². The van der Waals surface area contributed by atoms with Crippen molar-refractivity contribution in [1.82, 2.24) is 19.7 Å². The van der Waals surface area contributed by atoms with Gasteiger partial charge in [-0.05, 0) is 42.3 Å². The molecule has 0 saturated heterocycles. The maximum atomic E-state index is 4.43. The van der Waals surface area contributed by atoms with Gasteiger partial charge >= 0.3 is 0 Å². The summed E-state index contributed by atoms with van der Waals surface area (Å²) >= 11 is 3.44. The molecule has 6 heteroatoms. The lowest BCUT2D eigenvalue weighted by Crippen LogP contribution is -2.03. The maximum Gasteiger partial charge on any atom is 0.191 e. The van der Waals surface area contributed by atoms with Crippen LogP contribution in [0, 0.1) is 5.92 Å². The normalized spacial score (nSPS) is 14.4. The predicted octanol–water partition coefficient (Wildman–Crippen LogP) is 4.10. The molecule has 0 unspecified atom stereocenters. The van der Waals surface area contributed by atoms with E-state index in [-0.39, 0.29) is 0 Å². The fraction of sp³-hybridized carbons (Fsp3) is 0.312. The van der Waals surface area contributed by atoms with Gasteiger partial charge < -0.3 is 4.57 Å². The van der Waals surface area contributed by atoms with E-state index in [0.29, 0.717) is 0 Å². The zero-order valence-corrected chi connectivity index (χ0v) is 13.7. The molecule has 0 atom stereocenters. The minimum absolute atomic E-state index is 0.795. The average Bonchev–Trinajstić information content (AvgIpc) is 3.05. The average molecular weight is 328 g/mol. The molecule has 1 saturated carbocycles. The van der Waals surface area contributed by atoms with Gasteiger partial charge in [-0.3, -0.25) is 4.98 Å². The van der Waals surface area contributed by atoms with Gasteiger partial charge in [0.1, 0.15) is 0 Å². The van der Waals surface area contributed by atoms with E-state index >= 15 is 0 Å². The third-order valence-corrected chi connectivity index (χ3v) is 5.54. The molecule has 112 valence electrons. The maximum absolute atomic E-state index is 4.43. The molecule has 0 aromatic carbocycles. The van der Waals surface area contributed by atoms with E-state index in [1.165, 1.54) is 17.7 Å². The van der Waals surface area contributed by atoms with Crippen LogP contribution >= 0.6 is 23.1 Å². The molecule has 22 heavy (non-hydrogen) atoms. The Balaban J connectivity index is 1.58. The van der Waals surface area contributed by atoms with Crippen molar-refractivity contribution in [3.8, 4) is 10.7 Å². The highest BCUT2D eigenvalue weighted by molar-refractivity contribution is 7.98. The Morgan fingerprint density at radius 3 is 2.86 bits per heavy atom. The molecule has 0 spiro atoms. The van der Waals surface area contributed by atoms with Gasteiger partial charge in [0.15, 0.2) is 11.0 Å². The van der Waals surface area contributed by atoms with Crippen molar-refractivity contribution in [3.63, 3.8) is 0 Å². The summed E-state index contributed by atoms with van der Waals surface area (Å²) in [6.07, 6.45) is 4.49. The molecule has 1 aliphatic rings. The first-order valence-electron chi connectivity index (χ1n) is 7.40. The predicted molar refractivity (Wildman–Crippen MR) is 89.9 cm³/mol. The lowest BCUT2D eigenvalue weighted by atomic mass is 10.4. The Bertz CT molecular complexity index is 733. The lowest BCUT2D eigenvalue weighted by molar-refractivity contribution is 0.584. The first-order chi connectivity index (χ1) is 10.9. The smallest absolute Gasteiger partial charge is 0.191 e. The van der Waals surface area contributed by atoms with Crippen molar-refractivity contribution in [3.05, 3.63) is 47.6 Å². The summed E-state index contributed by atoms with van der Waals surface area (Å²) in [4.78, 5) is 5.57. The van der Waals surface area contributed by atoms with E-state index in [1.54, 1.807) is 23.1 Å². The van der Waals surface area contributed by atoms with Gasteiger partial charge in [0, 0.05) is 18.5 Å². The Labute approximate surface area is 137 Å². The van der Waals surface area contributed by atoms with Crippen molar-refractivity contribution in [2.45, 2.75) is 30.3 Å². The Morgan fingerprint density at radius 2 is 2.14 bits per heavy atom. The van der Waals surface area contributed by atoms with Crippen molar-refractivity contribution < 1.29 is 0 Å². The minimum atomic E-state index is 0.795. The molecular formula is C16H16N4S2. The third-order valence-electron chi connectivity index (χ3n) is 3.67. The van der Waals surface area contributed by atoms with E-state index in [0.717, 1.165) is 34.9 Å². The second-order valence-electron chi connectivity index (χ2n) is 5.45. The van der Waals surface area contributed by atoms with Crippen LogP contribution in [0.25, 0.3) is 10.7 Å². The first-order valence-corrected chi connectivity index (χ1v) is 9.26. The fourth-order valence-electron chi connectivity index (χ4n) is 2.33. The van der Waals surface area contributed by atoms with Crippen molar-refractivity contribution in [1.29, 1.82) is 0 Å². The molecule has 1 aliphatic carbocycles. The van der Waals surface area contributed by atoms with Crippen LogP contribution in [-0.2, 0) is 12.3 Å². The first kappa shape index (κ1) is 14.0. The summed E-state index contributed by atoms with van der Waals surface area (Å²) in [6.45, 7) is 1.03. The van der Waals surface area contributed by atoms with Gasteiger partial charge in [0.05, 0.1) is 10.6 Å². The zero-order valence-electron chi connectivity index (χ0n) is 12.1. The monoisotopic (exact) mass is 328 g/mol.